The van der Waals surface area contributed by atoms with Gasteiger partial charge < -0.3 is 20.0 Å². The number of piperidine rings is 1. The molecule has 2 heterocycles. The standard InChI is InChI=1S/C24H24FN3O3/c25-21-9-3-1-7-19(21)24(30)27-17-11-13-28(14-12-17)22-10-4-2-8-20(22)23(29)26-16-18-6-5-15-31-18/h1-10,15,17H,11-14,16H2,(H,26,29)(H,27,30). The van der Waals surface area contributed by atoms with Gasteiger partial charge in [-0.05, 0) is 49.2 Å². The number of para-hydroxylation sites is 1. The van der Waals surface area contributed by atoms with Gasteiger partial charge in [0.1, 0.15) is 11.6 Å². The molecule has 2 aromatic carbocycles. The second kappa shape index (κ2) is 9.47. The molecule has 1 aromatic heterocycles. The third kappa shape index (κ3) is 4.94. The Kier molecular flexibility index (Phi) is 6.31. The number of furan rings is 1. The van der Waals surface area contributed by atoms with Crippen molar-refractivity contribution in [1.82, 2.24) is 10.6 Å². The van der Waals surface area contributed by atoms with Crippen LogP contribution in [0, 0.1) is 5.82 Å². The highest BCUT2D eigenvalue weighted by atomic mass is 19.1. The number of halogens is 1. The van der Waals surface area contributed by atoms with E-state index in [1.807, 2.05) is 24.3 Å². The molecule has 160 valence electrons. The average Bonchev–Trinajstić information content (AvgIpc) is 3.32. The lowest BCUT2D eigenvalue weighted by molar-refractivity contribution is 0.0925. The molecule has 4 rings (SSSR count). The van der Waals surface area contributed by atoms with E-state index in [1.165, 1.54) is 12.1 Å². The average molecular weight is 421 g/mol. The fourth-order valence-electron chi connectivity index (χ4n) is 3.79. The zero-order valence-electron chi connectivity index (χ0n) is 17.0. The molecule has 0 bridgehead atoms. The van der Waals surface area contributed by atoms with Crippen LogP contribution >= 0.6 is 0 Å². The lowest BCUT2D eigenvalue weighted by Crippen LogP contribution is -2.45. The maximum atomic E-state index is 13.8. The summed E-state index contributed by atoms with van der Waals surface area (Å²) in [4.78, 5) is 27.2. The molecule has 6 nitrogen and oxygen atoms in total. The van der Waals surface area contributed by atoms with Crippen LogP contribution in [0.3, 0.4) is 0 Å². The van der Waals surface area contributed by atoms with Gasteiger partial charge in [0.15, 0.2) is 0 Å². The summed E-state index contributed by atoms with van der Waals surface area (Å²) in [5, 5.41) is 5.81. The summed E-state index contributed by atoms with van der Waals surface area (Å²) >= 11 is 0. The lowest BCUT2D eigenvalue weighted by Gasteiger charge is -2.35. The SMILES string of the molecule is O=C(NC1CCN(c2ccccc2C(=O)NCc2ccco2)CC1)c1ccccc1F. The van der Waals surface area contributed by atoms with Crippen LogP contribution in [0.25, 0.3) is 0 Å². The third-order valence-corrected chi connectivity index (χ3v) is 5.44. The fourth-order valence-corrected chi connectivity index (χ4v) is 3.79. The van der Waals surface area contributed by atoms with Crippen molar-refractivity contribution >= 4 is 17.5 Å². The summed E-state index contributed by atoms with van der Waals surface area (Å²) in [5.74, 6) is -0.389. The Balaban J connectivity index is 1.36. The van der Waals surface area contributed by atoms with Crippen molar-refractivity contribution < 1.29 is 18.4 Å². The van der Waals surface area contributed by atoms with Crippen molar-refractivity contribution in [2.24, 2.45) is 0 Å². The molecule has 2 N–H and O–H groups in total. The Morgan fingerprint density at radius 1 is 0.935 bits per heavy atom. The molecular formula is C24H24FN3O3. The quantitative estimate of drug-likeness (QED) is 0.636. The Hall–Kier alpha value is -3.61. The van der Waals surface area contributed by atoms with E-state index in [2.05, 4.69) is 15.5 Å². The van der Waals surface area contributed by atoms with Gasteiger partial charge in [0.05, 0.1) is 23.9 Å². The van der Waals surface area contributed by atoms with Gasteiger partial charge in [-0.25, -0.2) is 4.39 Å². The monoisotopic (exact) mass is 421 g/mol. The molecule has 7 heteroatoms. The van der Waals surface area contributed by atoms with E-state index >= 15 is 0 Å². The molecule has 0 unspecified atom stereocenters. The summed E-state index contributed by atoms with van der Waals surface area (Å²) in [6.07, 6.45) is 3.00. The van der Waals surface area contributed by atoms with Gasteiger partial charge in [-0.2, -0.15) is 0 Å². The smallest absolute Gasteiger partial charge is 0.254 e. The second-order valence-electron chi connectivity index (χ2n) is 7.49. The van der Waals surface area contributed by atoms with Gasteiger partial charge in [0.2, 0.25) is 0 Å². The number of amides is 2. The van der Waals surface area contributed by atoms with Crippen LogP contribution < -0.4 is 15.5 Å². The number of carbonyl (C=O) groups is 2. The van der Waals surface area contributed by atoms with E-state index in [4.69, 9.17) is 4.42 Å². The molecule has 0 spiro atoms. The lowest BCUT2D eigenvalue weighted by atomic mass is 10.0. The molecule has 1 fully saturated rings. The minimum atomic E-state index is -0.521. The zero-order chi connectivity index (χ0) is 21.6. The summed E-state index contributed by atoms with van der Waals surface area (Å²) < 4.78 is 19.1. The number of benzene rings is 2. The maximum absolute atomic E-state index is 13.8. The summed E-state index contributed by atoms with van der Waals surface area (Å²) in [5.41, 5.74) is 1.52. The molecule has 0 atom stereocenters. The summed E-state index contributed by atoms with van der Waals surface area (Å²) in [6.45, 7) is 1.69. The van der Waals surface area contributed by atoms with Crippen molar-refractivity contribution in [3.05, 3.63) is 89.6 Å². The van der Waals surface area contributed by atoms with Gasteiger partial charge in [0.25, 0.3) is 11.8 Å². The third-order valence-electron chi connectivity index (χ3n) is 5.44. The Morgan fingerprint density at radius 2 is 1.65 bits per heavy atom. The zero-order valence-corrected chi connectivity index (χ0v) is 17.0. The number of nitrogens with one attached hydrogen (secondary N) is 2. The molecule has 1 aliphatic rings. The van der Waals surface area contributed by atoms with Gasteiger partial charge in [-0.15, -0.1) is 0 Å². The normalized spacial score (nSPS) is 14.3. The first-order valence-electron chi connectivity index (χ1n) is 10.3. The predicted octanol–water partition coefficient (Wildman–Crippen LogP) is 3.75. The highest BCUT2D eigenvalue weighted by Gasteiger charge is 2.24. The van der Waals surface area contributed by atoms with Gasteiger partial charge in [0, 0.05) is 24.8 Å². The van der Waals surface area contributed by atoms with E-state index in [0.29, 0.717) is 43.8 Å². The first-order chi connectivity index (χ1) is 15.1. The number of nitrogens with zero attached hydrogens (tertiary/aromatic N) is 1. The van der Waals surface area contributed by atoms with E-state index < -0.39 is 11.7 Å². The van der Waals surface area contributed by atoms with E-state index in [-0.39, 0.29) is 17.5 Å². The predicted molar refractivity (Wildman–Crippen MR) is 115 cm³/mol. The number of hydrogen-bond acceptors (Lipinski definition) is 4. The van der Waals surface area contributed by atoms with Crippen LogP contribution in [0.15, 0.2) is 71.3 Å². The van der Waals surface area contributed by atoms with Crippen LogP contribution in [0.2, 0.25) is 0 Å². The number of carbonyl (C=O) groups excluding carboxylic acids is 2. The largest absolute Gasteiger partial charge is 0.467 e. The highest BCUT2D eigenvalue weighted by Crippen LogP contribution is 2.24. The van der Waals surface area contributed by atoms with E-state index in [1.54, 1.807) is 30.5 Å². The minimum absolute atomic E-state index is 0.0386. The van der Waals surface area contributed by atoms with Crippen LogP contribution in [0.1, 0.15) is 39.3 Å². The molecule has 31 heavy (non-hydrogen) atoms. The van der Waals surface area contributed by atoms with Crippen LogP contribution in [-0.2, 0) is 6.54 Å². The molecule has 0 saturated carbocycles. The van der Waals surface area contributed by atoms with Crippen molar-refractivity contribution in [3.63, 3.8) is 0 Å². The topological polar surface area (TPSA) is 74.6 Å². The summed E-state index contributed by atoms with van der Waals surface area (Å²) in [7, 11) is 0. The van der Waals surface area contributed by atoms with Crippen LogP contribution in [-0.4, -0.2) is 30.9 Å². The van der Waals surface area contributed by atoms with Crippen molar-refractivity contribution in [2.45, 2.75) is 25.4 Å². The van der Waals surface area contributed by atoms with Crippen molar-refractivity contribution in [1.29, 1.82) is 0 Å². The molecule has 0 aliphatic carbocycles. The second-order valence-corrected chi connectivity index (χ2v) is 7.49. The van der Waals surface area contributed by atoms with Gasteiger partial charge in [-0.1, -0.05) is 24.3 Å². The molecule has 0 radical (unpaired) electrons. The summed E-state index contributed by atoms with van der Waals surface area (Å²) in [6, 6.07) is 17.0. The van der Waals surface area contributed by atoms with Crippen LogP contribution in [0.5, 0.6) is 0 Å². The first kappa shape index (κ1) is 20.7. The van der Waals surface area contributed by atoms with Crippen LogP contribution in [0.4, 0.5) is 10.1 Å². The van der Waals surface area contributed by atoms with Crippen molar-refractivity contribution in [2.75, 3.05) is 18.0 Å². The molecule has 1 aliphatic heterocycles. The van der Waals surface area contributed by atoms with E-state index in [0.717, 1.165) is 5.69 Å². The Labute approximate surface area is 180 Å². The highest BCUT2D eigenvalue weighted by molar-refractivity contribution is 5.99. The number of hydrogen-bond donors (Lipinski definition) is 2. The van der Waals surface area contributed by atoms with Gasteiger partial charge >= 0.3 is 0 Å². The molecule has 2 amide bonds. The maximum Gasteiger partial charge on any atom is 0.254 e. The van der Waals surface area contributed by atoms with E-state index in [9.17, 15) is 14.0 Å². The Bertz CT molecular complexity index is 1040. The minimum Gasteiger partial charge on any atom is -0.467 e. The fraction of sp³-hybridized carbons (Fsp3) is 0.250. The Morgan fingerprint density at radius 3 is 2.35 bits per heavy atom. The number of anilines is 1. The van der Waals surface area contributed by atoms with Gasteiger partial charge in [-0.3, -0.25) is 9.59 Å². The first-order valence-corrected chi connectivity index (χ1v) is 10.3. The number of rotatable bonds is 6. The molecular weight excluding hydrogens is 397 g/mol. The molecule has 3 aromatic rings. The molecule has 1 saturated heterocycles. The van der Waals surface area contributed by atoms with Crippen molar-refractivity contribution in [3.8, 4) is 0 Å².